The van der Waals surface area contributed by atoms with E-state index in [0.29, 0.717) is 25.2 Å². The quantitative estimate of drug-likeness (QED) is 0.461. The number of nitrogens with one attached hydrogen (secondary N) is 1. The van der Waals surface area contributed by atoms with Crippen LogP contribution in [-0.2, 0) is 0 Å². The molecular formula is C6H11N2O+. The van der Waals surface area contributed by atoms with Crippen LogP contribution in [-0.4, -0.2) is 29.9 Å². The Labute approximate surface area is 54.0 Å². The highest BCUT2D eigenvalue weighted by atomic mass is 16.3. The monoisotopic (exact) mass is 127 g/mol. The van der Waals surface area contributed by atoms with E-state index in [4.69, 9.17) is 0 Å². The first-order valence-corrected chi connectivity index (χ1v) is 3.53. The molecular weight excluding hydrogens is 116 g/mol. The lowest BCUT2D eigenvalue weighted by Gasteiger charge is -2.13. The highest BCUT2D eigenvalue weighted by Gasteiger charge is 2.37. The third-order valence-corrected chi connectivity index (χ3v) is 2.18. The van der Waals surface area contributed by atoms with E-state index < -0.39 is 0 Å². The number of hydrogen-bond donors (Lipinski definition) is 1. The van der Waals surface area contributed by atoms with Gasteiger partial charge in [-0.1, -0.05) is 0 Å². The summed E-state index contributed by atoms with van der Waals surface area (Å²) in [7, 11) is 0. The van der Waals surface area contributed by atoms with Crippen molar-refractivity contribution in [3.05, 3.63) is 4.91 Å². The van der Waals surface area contributed by atoms with Crippen molar-refractivity contribution in [2.75, 3.05) is 13.1 Å². The van der Waals surface area contributed by atoms with Crippen molar-refractivity contribution in [1.29, 1.82) is 0 Å². The van der Waals surface area contributed by atoms with Gasteiger partial charge in [-0.3, -0.25) is 5.32 Å². The van der Waals surface area contributed by atoms with Crippen LogP contribution >= 0.6 is 0 Å². The molecule has 0 aliphatic carbocycles. The van der Waals surface area contributed by atoms with Gasteiger partial charge in [0.15, 0.2) is 0 Å². The lowest BCUT2D eigenvalue weighted by molar-refractivity contribution is -0.560. The number of piperazine rings is 1. The van der Waals surface area contributed by atoms with E-state index in [9.17, 15) is 4.91 Å². The summed E-state index contributed by atoms with van der Waals surface area (Å²) in [6.07, 6.45) is 2.40. The van der Waals surface area contributed by atoms with Gasteiger partial charge in [0.2, 0.25) is 13.1 Å². The van der Waals surface area contributed by atoms with Crippen molar-refractivity contribution in [2.45, 2.75) is 24.9 Å². The molecule has 50 valence electrons. The number of rotatable bonds is 0. The van der Waals surface area contributed by atoms with Gasteiger partial charge in [-0.2, -0.15) is 0 Å². The highest BCUT2D eigenvalue weighted by molar-refractivity contribution is 4.85. The molecule has 2 unspecified atom stereocenters. The Morgan fingerprint density at radius 2 is 1.78 bits per heavy atom. The SMILES string of the molecule is O=[N+]1CC2CCC(C1)N2. The number of nitrogens with zero attached hydrogens (tertiary/aromatic N) is 1. The standard InChI is InChI=1S/C6H11N2O/c9-8-3-5-1-2-6(4-8)7-5/h5-7H,1-4H2/q+1. The molecule has 0 spiro atoms. The van der Waals surface area contributed by atoms with Crippen molar-refractivity contribution in [3.8, 4) is 0 Å². The van der Waals surface area contributed by atoms with E-state index in [1.165, 1.54) is 17.6 Å². The van der Waals surface area contributed by atoms with Gasteiger partial charge in [-0.15, -0.1) is 0 Å². The average molecular weight is 127 g/mol. The van der Waals surface area contributed by atoms with E-state index in [-0.39, 0.29) is 0 Å². The molecule has 2 aliphatic rings. The van der Waals surface area contributed by atoms with E-state index >= 15 is 0 Å². The van der Waals surface area contributed by atoms with E-state index in [1.807, 2.05) is 0 Å². The first kappa shape index (κ1) is 5.35. The summed E-state index contributed by atoms with van der Waals surface area (Å²) in [5, 5.41) is 3.38. The highest BCUT2D eigenvalue weighted by Crippen LogP contribution is 2.16. The molecule has 2 saturated heterocycles. The molecule has 2 aliphatic heterocycles. The third-order valence-electron chi connectivity index (χ3n) is 2.18. The number of fused-ring (bicyclic) bond motifs is 2. The lowest BCUT2D eigenvalue weighted by atomic mass is 10.2. The normalized spacial score (nSPS) is 41.6. The second kappa shape index (κ2) is 1.77. The Kier molecular flexibility index (Phi) is 1.05. The Balaban J connectivity index is 2.11. The van der Waals surface area contributed by atoms with Crippen LogP contribution in [0, 0.1) is 4.91 Å². The predicted molar refractivity (Wildman–Crippen MR) is 33.3 cm³/mol. The van der Waals surface area contributed by atoms with Gasteiger partial charge in [0, 0.05) is 9.67 Å². The van der Waals surface area contributed by atoms with Crippen molar-refractivity contribution < 1.29 is 4.76 Å². The van der Waals surface area contributed by atoms with Crippen molar-refractivity contribution in [3.63, 3.8) is 0 Å². The molecule has 2 rings (SSSR count). The van der Waals surface area contributed by atoms with Crippen LogP contribution in [0.4, 0.5) is 0 Å². The molecule has 2 atom stereocenters. The van der Waals surface area contributed by atoms with Crippen molar-refractivity contribution in [1.82, 2.24) is 5.32 Å². The van der Waals surface area contributed by atoms with Gasteiger partial charge in [-0.25, -0.2) is 0 Å². The molecule has 0 aromatic rings. The van der Waals surface area contributed by atoms with E-state index in [0.717, 1.165) is 0 Å². The summed E-state index contributed by atoms with van der Waals surface area (Å²) in [5.74, 6) is 0. The predicted octanol–water partition coefficient (Wildman–Crippen LogP) is -0.101. The zero-order valence-electron chi connectivity index (χ0n) is 5.34. The van der Waals surface area contributed by atoms with Crippen LogP contribution < -0.4 is 5.32 Å². The summed E-state index contributed by atoms with van der Waals surface area (Å²) in [5.41, 5.74) is 0. The summed E-state index contributed by atoms with van der Waals surface area (Å²) in [4.78, 5) is 10.8. The minimum Gasteiger partial charge on any atom is -0.300 e. The molecule has 3 nitrogen and oxygen atoms in total. The van der Waals surface area contributed by atoms with Crippen LogP contribution in [0.1, 0.15) is 12.8 Å². The van der Waals surface area contributed by atoms with Crippen LogP contribution in [0.15, 0.2) is 0 Å². The maximum atomic E-state index is 10.8. The zero-order chi connectivity index (χ0) is 6.27. The molecule has 3 heteroatoms. The molecule has 2 heterocycles. The molecule has 0 amide bonds. The molecule has 0 saturated carbocycles. The van der Waals surface area contributed by atoms with Gasteiger partial charge >= 0.3 is 0 Å². The Morgan fingerprint density at radius 3 is 2.33 bits per heavy atom. The molecule has 2 fully saturated rings. The lowest BCUT2D eigenvalue weighted by Crippen LogP contribution is -2.45. The molecule has 9 heavy (non-hydrogen) atoms. The second-order valence-electron chi connectivity index (χ2n) is 2.98. The molecule has 0 aromatic heterocycles. The first-order chi connectivity index (χ1) is 4.34. The number of nitroso groups, excluding NO2 is 1. The summed E-state index contributed by atoms with van der Waals surface area (Å²) < 4.78 is 1.18. The number of hydrogen-bond acceptors (Lipinski definition) is 2. The van der Waals surface area contributed by atoms with E-state index in [2.05, 4.69) is 5.32 Å². The van der Waals surface area contributed by atoms with Crippen LogP contribution in [0.3, 0.4) is 0 Å². The summed E-state index contributed by atoms with van der Waals surface area (Å²) in [6, 6.07) is 1.00. The fourth-order valence-corrected chi connectivity index (χ4v) is 1.76. The Bertz CT molecular complexity index is 132. The van der Waals surface area contributed by atoms with Gasteiger partial charge in [0.1, 0.15) is 0 Å². The van der Waals surface area contributed by atoms with E-state index in [1.54, 1.807) is 0 Å². The molecule has 0 radical (unpaired) electrons. The fraction of sp³-hybridized carbons (Fsp3) is 1.00. The topological polar surface area (TPSA) is 32.1 Å². The fourth-order valence-electron chi connectivity index (χ4n) is 1.76. The van der Waals surface area contributed by atoms with Crippen LogP contribution in [0.25, 0.3) is 0 Å². The Hall–Kier alpha value is -0.440. The summed E-state index contributed by atoms with van der Waals surface area (Å²) >= 11 is 0. The maximum absolute atomic E-state index is 10.8. The molecule has 2 bridgehead atoms. The summed E-state index contributed by atoms with van der Waals surface area (Å²) in [6.45, 7) is 1.41. The maximum Gasteiger partial charge on any atom is 0.207 e. The molecule has 1 N–H and O–H groups in total. The molecule has 0 aromatic carbocycles. The van der Waals surface area contributed by atoms with Gasteiger partial charge in [0.05, 0.1) is 12.1 Å². The second-order valence-corrected chi connectivity index (χ2v) is 2.98. The van der Waals surface area contributed by atoms with Crippen molar-refractivity contribution >= 4 is 0 Å². The van der Waals surface area contributed by atoms with Gasteiger partial charge in [0.25, 0.3) is 0 Å². The van der Waals surface area contributed by atoms with Crippen LogP contribution in [0.2, 0.25) is 0 Å². The van der Waals surface area contributed by atoms with Gasteiger partial charge in [-0.05, 0) is 12.8 Å². The minimum absolute atomic E-state index is 0.501. The Morgan fingerprint density at radius 1 is 1.22 bits per heavy atom. The average Bonchev–Trinajstić information content (AvgIpc) is 2.11. The largest absolute Gasteiger partial charge is 0.300 e. The third kappa shape index (κ3) is 0.852. The first-order valence-electron chi connectivity index (χ1n) is 3.53. The van der Waals surface area contributed by atoms with Crippen LogP contribution in [0.5, 0.6) is 0 Å². The van der Waals surface area contributed by atoms with Gasteiger partial charge < -0.3 is 0 Å². The smallest absolute Gasteiger partial charge is 0.207 e. The van der Waals surface area contributed by atoms with Crippen molar-refractivity contribution in [2.24, 2.45) is 0 Å². The zero-order valence-corrected chi connectivity index (χ0v) is 5.34. The minimum atomic E-state index is 0.501.